The molecule has 1 unspecified atom stereocenters. The highest BCUT2D eigenvalue weighted by Gasteiger charge is 2.27. The average molecular weight is 730 g/mol. The van der Waals surface area contributed by atoms with Crippen molar-refractivity contribution in [3.05, 3.63) is 24.3 Å². The third-order valence-electron chi connectivity index (χ3n) is 9.17. The molecule has 0 saturated heterocycles. The molecule has 0 radical (unpaired) electrons. The lowest BCUT2D eigenvalue weighted by atomic mass is 10.0. The van der Waals surface area contributed by atoms with Gasteiger partial charge in [0.2, 0.25) is 5.91 Å². The lowest BCUT2D eigenvalue weighted by Crippen LogP contribution is -2.45. The molecule has 0 aliphatic rings. The molecular weight excluding hydrogens is 647 g/mol. The first kappa shape index (κ1) is 49.0. The van der Waals surface area contributed by atoms with Crippen molar-refractivity contribution in [2.75, 3.05) is 40.9 Å². The maximum Gasteiger partial charge on any atom is 0.472 e. The van der Waals surface area contributed by atoms with Gasteiger partial charge >= 0.3 is 7.82 Å². The van der Waals surface area contributed by atoms with Crippen LogP contribution in [0, 0.1) is 0 Å². The summed E-state index contributed by atoms with van der Waals surface area (Å²) in [6.45, 7) is 4.76. The fraction of sp³-hybridized carbons (Fsp3) is 0.878. The summed E-state index contributed by atoms with van der Waals surface area (Å²) in [5, 5.41) is 13.7. The summed E-state index contributed by atoms with van der Waals surface area (Å²) in [6, 6.07) is -0.856. The number of aliphatic hydroxyl groups excluding tert-OH is 1. The van der Waals surface area contributed by atoms with E-state index in [1.54, 1.807) is 6.08 Å². The molecule has 3 atom stereocenters. The van der Waals surface area contributed by atoms with E-state index in [0.717, 1.165) is 38.5 Å². The number of carbonyl (C=O) groups excluding carboxylic acids is 1. The number of allylic oxidation sites excluding steroid dienone is 3. The number of aliphatic hydroxyl groups is 1. The van der Waals surface area contributed by atoms with E-state index in [2.05, 4.69) is 31.3 Å². The van der Waals surface area contributed by atoms with Gasteiger partial charge in [0.05, 0.1) is 39.9 Å². The van der Waals surface area contributed by atoms with E-state index < -0.39 is 20.0 Å². The minimum absolute atomic E-state index is 0.0579. The Balaban J connectivity index is 4.43. The predicted octanol–water partition coefficient (Wildman–Crippen LogP) is 11.0. The van der Waals surface area contributed by atoms with Gasteiger partial charge in [0, 0.05) is 6.42 Å². The third-order valence-corrected chi connectivity index (χ3v) is 10.2. The first-order valence-corrected chi connectivity index (χ1v) is 22.2. The molecule has 0 fully saturated rings. The number of rotatable bonds is 37. The van der Waals surface area contributed by atoms with Gasteiger partial charge in [0.25, 0.3) is 0 Å². The zero-order chi connectivity index (χ0) is 37.2. The molecule has 0 aliphatic heterocycles. The maximum atomic E-state index is 12.8. The van der Waals surface area contributed by atoms with Crippen molar-refractivity contribution >= 4 is 13.7 Å². The van der Waals surface area contributed by atoms with Crippen LogP contribution >= 0.6 is 7.82 Å². The fourth-order valence-electron chi connectivity index (χ4n) is 5.82. The molecule has 0 aromatic rings. The van der Waals surface area contributed by atoms with Gasteiger partial charge in [-0.05, 0) is 32.1 Å². The van der Waals surface area contributed by atoms with Crippen LogP contribution in [0.3, 0.4) is 0 Å². The summed E-state index contributed by atoms with van der Waals surface area (Å²) in [6.07, 6.45) is 38.2. The highest BCUT2D eigenvalue weighted by molar-refractivity contribution is 7.47. The van der Waals surface area contributed by atoms with Crippen LogP contribution in [0.5, 0.6) is 0 Å². The fourth-order valence-corrected chi connectivity index (χ4v) is 6.56. The molecule has 0 aromatic heterocycles. The molecular formula is C41H82N2O6P+. The molecule has 296 valence electrons. The lowest BCUT2D eigenvalue weighted by Gasteiger charge is -2.25. The molecule has 8 nitrogen and oxygen atoms in total. The van der Waals surface area contributed by atoms with E-state index in [1.165, 1.54) is 122 Å². The number of nitrogens with one attached hydrogen (secondary N) is 1. The molecule has 0 aromatic carbocycles. The molecule has 0 heterocycles. The van der Waals surface area contributed by atoms with E-state index in [4.69, 9.17) is 9.05 Å². The molecule has 9 heteroatoms. The van der Waals surface area contributed by atoms with E-state index in [0.29, 0.717) is 17.4 Å². The topological polar surface area (TPSA) is 105 Å². The Morgan fingerprint density at radius 2 is 1.10 bits per heavy atom. The number of unbranched alkanes of at least 4 members (excludes halogenated alkanes) is 22. The summed E-state index contributed by atoms with van der Waals surface area (Å²) in [5.41, 5.74) is 0. The van der Waals surface area contributed by atoms with Gasteiger partial charge in [-0.15, -0.1) is 0 Å². The summed E-state index contributed by atoms with van der Waals surface area (Å²) >= 11 is 0. The van der Waals surface area contributed by atoms with Gasteiger partial charge in [-0.3, -0.25) is 13.8 Å². The zero-order valence-corrected chi connectivity index (χ0v) is 34.3. The highest BCUT2D eigenvalue weighted by atomic mass is 31.2. The number of phosphoric ester groups is 1. The Hall–Kier alpha value is -1.02. The largest absolute Gasteiger partial charge is 0.472 e. The second-order valence-electron chi connectivity index (χ2n) is 15.4. The van der Waals surface area contributed by atoms with Gasteiger partial charge in [0.15, 0.2) is 0 Å². The van der Waals surface area contributed by atoms with E-state index in [-0.39, 0.29) is 19.1 Å². The Morgan fingerprint density at radius 3 is 1.60 bits per heavy atom. The van der Waals surface area contributed by atoms with Crippen LogP contribution in [-0.2, 0) is 18.4 Å². The van der Waals surface area contributed by atoms with E-state index in [9.17, 15) is 19.4 Å². The number of hydrogen-bond acceptors (Lipinski definition) is 5. The van der Waals surface area contributed by atoms with Gasteiger partial charge in [-0.1, -0.05) is 167 Å². The molecule has 50 heavy (non-hydrogen) atoms. The minimum atomic E-state index is -4.33. The van der Waals surface area contributed by atoms with Crippen LogP contribution in [0.4, 0.5) is 0 Å². The van der Waals surface area contributed by atoms with E-state index >= 15 is 0 Å². The lowest BCUT2D eigenvalue weighted by molar-refractivity contribution is -0.870. The maximum absolute atomic E-state index is 12.8. The number of nitrogens with zero attached hydrogens (tertiary/aromatic N) is 1. The number of amides is 1. The monoisotopic (exact) mass is 730 g/mol. The Kier molecular flexibility index (Phi) is 33.1. The van der Waals surface area contributed by atoms with Crippen LogP contribution < -0.4 is 5.32 Å². The average Bonchev–Trinajstić information content (AvgIpc) is 3.06. The van der Waals surface area contributed by atoms with Crippen molar-refractivity contribution in [2.45, 2.75) is 193 Å². The Bertz CT molecular complexity index is 876. The van der Waals surface area contributed by atoms with Crippen molar-refractivity contribution in [1.29, 1.82) is 0 Å². The molecule has 0 aliphatic carbocycles. The van der Waals surface area contributed by atoms with E-state index in [1.807, 2.05) is 27.2 Å². The van der Waals surface area contributed by atoms with Crippen molar-refractivity contribution < 1.29 is 32.9 Å². The number of carbonyl (C=O) groups is 1. The Labute approximate surface area is 309 Å². The quantitative estimate of drug-likeness (QED) is 0.0254. The molecule has 0 rings (SSSR count). The van der Waals surface area contributed by atoms with Crippen molar-refractivity contribution in [2.24, 2.45) is 0 Å². The number of quaternary nitrogens is 1. The second kappa shape index (κ2) is 33.8. The molecule has 3 N–H and O–H groups in total. The molecule has 0 bridgehead atoms. The molecule has 1 amide bonds. The number of hydrogen-bond donors (Lipinski definition) is 3. The summed E-state index contributed by atoms with van der Waals surface area (Å²) in [5.74, 6) is -0.187. The van der Waals surface area contributed by atoms with Crippen LogP contribution in [0.2, 0.25) is 0 Å². The summed E-state index contributed by atoms with van der Waals surface area (Å²) in [4.78, 5) is 23.0. The summed E-state index contributed by atoms with van der Waals surface area (Å²) < 4.78 is 23.4. The predicted molar refractivity (Wildman–Crippen MR) is 212 cm³/mol. The molecule has 0 saturated carbocycles. The van der Waals surface area contributed by atoms with Crippen molar-refractivity contribution in [3.63, 3.8) is 0 Å². The summed E-state index contributed by atoms with van der Waals surface area (Å²) in [7, 11) is 1.56. The van der Waals surface area contributed by atoms with Gasteiger partial charge in [0.1, 0.15) is 13.2 Å². The zero-order valence-electron chi connectivity index (χ0n) is 33.4. The van der Waals surface area contributed by atoms with Crippen molar-refractivity contribution in [1.82, 2.24) is 5.32 Å². The minimum Gasteiger partial charge on any atom is -0.387 e. The second-order valence-corrected chi connectivity index (χ2v) is 16.8. The normalized spacial score (nSPS) is 14.8. The van der Waals surface area contributed by atoms with Gasteiger partial charge < -0.3 is 19.8 Å². The van der Waals surface area contributed by atoms with Crippen molar-refractivity contribution in [3.8, 4) is 0 Å². The Morgan fingerprint density at radius 1 is 0.660 bits per heavy atom. The number of phosphoric acid groups is 1. The van der Waals surface area contributed by atoms with Gasteiger partial charge in [-0.2, -0.15) is 0 Å². The first-order chi connectivity index (χ1) is 24.0. The highest BCUT2D eigenvalue weighted by Crippen LogP contribution is 2.43. The molecule has 0 spiro atoms. The SMILES string of the molecule is CCCCCCC/C=C/CC/C=C/[C@@H](O)[C@H](COP(=O)(O)OCC[N+](C)(C)C)NC(=O)CCCCCCCCCCCCCCCCCCC. The van der Waals surface area contributed by atoms with Gasteiger partial charge in [-0.25, -0.2) is 4.57 Å². The van der Waals surface area contributed by atoms with Crippen LogP contribution in [0.25, 0.3) is 0 Å². The third kappa shape index (κ3) is 35.4. The first-order valence-electron chi connectivity index (χ1n) is 20.7. The smallest absolute Gasteiger partial charge is 0.387 e. The van der Waals surface area contributed by atoms with Crippen LogP contribution in [-0.4, -0.2) is 73.4 Å². The number of likely N-dealkylation sites (N-methyl/N-ethyl adjacent to an activating group) is 1. The van der Waals surface area contributed by atoms with Crippen LogP contribution in [0.1, 0.15) is 181 Å². The van der Waals surface area contributed by atoms with Crippen LogP contribution in [0.15, 0.2) is 24.3 Å². The standard InChI is InChI=1S/C41H81N2O6P/c1-6-8-10-12-14-16-18-19-20-21-22-23-25-27-29-31-33-35-41(45)42-39(38-49-50(46,47)48-37-36-43(3,4)5)40(44)34-32-30-28-26-24-17-15-13-11-9-7-2/h24,26,32,34,39-40,44H,6-23,25,27-31,33,35-38H2,1-5H3,(H-,42,45,46,47)/p+1/b26-24+,34-32+/t39-,40+/m0/s1.